The highest BCUT2D eigenvalue weighted by molar-refractivity contribution is 4.79. The molecule has 0 spiro atoms. The molecule has 0 radical (unpaired) electrons. The van der Waals surface area contributed by atoms with E-state index in [0.29, 0.717) is 39.6 Å². The van der Waals surface area contributed by atoms with Crippen molar-refractivity contribution < 1.29 is 28.4 Å². The standard InChI is InChI=1S/C23H42O6/c1-11-27-20(4,5)14-24-17-23(10,18-25-15-21(6,7)28-12-2)19-26-16-22(8,9)29-13-3/h11-13H,1-3,14-19H2,4-10H3. The molecule has 0 saturated heterocycles. The summed E-state index contributed by atoms with van der Waals surface area (Å²) in [5, 5.41) is 0. The highest BCUT2D eigenvalue weighted by Crippen LogP contribution is 2.23. The fourth-order valence-electron chi connectivity index (χ4n) is 2.53. The van der Waals surface area contributed by atoms with Crippen LogP contribution in [0, 0.1) is 5.41 Å². The van der Waals surface area contributed by atoms with Gasteiger partial charge in [-0.05, 0) is 41.5 Å². The molecule has 0 aromatic rings. The Balaban J connectivity index is 4.84. The van der Waals surface area contributed by atoms with Gasteiger partial charge in [-0.2, -0.15) is 0 Å². The second-order valence-corrected chi connectivity index (χ2v) is 9.42. The van der Waals surface area contributed by atoms with Gasteiger partial charge in [-0.25, -0.2) is 0 Å². The van der Waals surface area contributed by atoms with Crippen molar-refractivity contribution in [2.24, 2.45) is 5.41 Å². The average molecular weight is 415 g/mol. The van der Waals surface area contributed by atoms with Gasteiger partial charge in [-0.15, -0.1) is 0 Å². The number of rotatable bonds is 18. The molecule has 0 aromatic heterocycles. The van der Waals surface area contributed by atoms with E-state index in [1.807, 2.05) is 41.5 Å². The van der Waals surface area contributed by atoms with E-state index < -0.39 is 16.8 Å². The van der Waals surface area contributed by atoms with Crippen molar-refractivity contribution in [2.75, 3.05) is 39.6 Å². The molecule has 0 bridgehead atoms. The lowest BCUT2D eigenvalue weighted by molar-refractivity contribution is -0.119. The van der Waals surface area contributed by atoms with Crippen LogP contribution in [0.4, 0.5) is 0 Å². The molecular weight excluding hydrogens is 372 g/mol. The summed E-state index contributed by atoms with van der Waals surface area (Å²) in [5.41, 5.74) is -1.73. The van der Waals surface area contributed by atoms with Gasteiger partial charge >= 0.3 is 0 Å². The monoisotopic (exact) mass is 414 g/mol. The third-order valence-electron chi connectivity index (χ3n) is 3.91. The topological polar surface area (TPSA) is 55.4 Å². The third-order valence-corrected chi connectivity index (χ3v) is 3.91. The summed E-state index contributed by atoms with van der Waals surface area (Å²) in [6, 6.07) is 0. The van der Waals surface area contributed by atoms with Gasteiger partial charge in [-0.1, -0.05) is 26.7 Å². The van der Waals surface area contributed by atoms with E-state index >= 15 is 0 Å². The molecule has 0 aromatic carbocycles. The maximum Gasteiger partial charge on any atom is 0.126 e. The summed E-state index contributed by atoms with van der Waals surface area (Å²) in [7, 11) is 0. The Labute approximate surface area is 177 Å². The lowest BCUT2D eigenvalue weighted by Crippen LogP contribution is -2.40. The molecule has 0 aliphatic carbocycles. The van der Waals surface area contributed by atoms with Gasteiger partial charge in [0, 0.05) is 5.41 Å². The zero-order valence-electron chi connectivity index (χ0n) is 19.5. The summed E-state index contributed by atoms with van der Waals surface area (Å²) in [6.45, 7) is 27.2. The molecular formula is C23H42O6. The van der Waals surface area contributed by atoms with Crippen LogP contribution in [0.2, 0.25) is 0 Å². The molecule has 29 heavy (non-hydrogen) atoms. The van der Waals surface area contributed by atoms with Crippen LogP contribution in [0.5, 0.6) is 0 Å². The third kappa shape index (κ3) is 13.4. The first-order valence-electron chi connectivity index (χ1n) is 9.90. The van der Waals surface area contributed by atoms with E-state index in [1.54, 1.807) is 0 Å². The van der Waals surface area contributed by atoms with Gasteiger partial charge in [0.05, 0.1) is 58.4 Å². The van der Waals surface area contributed by atoms with Crippen molar-refractivity contribution in [1.29, 1.82) is 0 Å². The molecule has 0 saturated carbocycles. The van der Waals surface area contributed by atoms with Crippen LogP contribution in [-0.4, -0.2) is 56.4 Å². The zero-order chi connectivity index (χ0) is 22.6. The fourth-order valence-corrected chi connectivity index (χ4v) is 2.53. The first-order chi connectivity index (χ1) is 13.3. The summed E-state index contributed by atoms with van der Waals surface area (Å²) in [6.07, 6.45) is 4.29. The Morgan fingerprint density at radius 1 is 0.483 bits per heavy atom. The largest absolute Gasteiger partial charge is 0.494 e. The predicted octanol–water partition coefficient (Wildman–Crippen LogP) is 4.86. The lowest BCUT2D eigenvalue weighted by atomic mass is 9.94. The van der Waals surface area contributed by atoms with Crippen molar-refractivity contribution >= 4 is 0 Å². The molecule has 0 N–H and O–H groups in total. The summed E-state index contributed by atoms with van der Waals surface area (Å²) < 4.78 is 34.3. The van der Waals surface area contributed by atoms with E-state index in [-0.39, 0.29) is 5.41 Å². The molecule has 6 nitrogen and oxygen atoms in total. The zero-order valence-corrected chi connectivity index (χ0v) is 19.5. The highest BCUT2D eigenvalue weighted by atomic mass is 16.6. The highest BCUT2D eigenvalue weighted by Gasteiger charge is 2.30. The normalized spacial score (nSPS) is 12.9. The molecule has 6 heteroatoms. The first kappa shape index (κ1) is 27.5. The van der Waals surface area contributed by atoms with E-state index in [9.17, 15) is 0 Å². The second-order valence-electron chi connectivity index (χ2n) is 9.42. The van der Waals surface area contributed by atoms with Gasteiger partial charge < -0.3 is 28.4 Å². The number of hydrogen-bond donors (Lipinski definition) is 0. The average Bonchev–Trinajstić information content (AvgIpc) is 2.53. The Kier molecular flexibility index (Phi) is 11.6. The van der Waals surface area contributed by atoms with Crippen LogP contribution < -0.4 is 0 Å². The van der Waals surface area contributed by atoms with E-state index in [2.05, 4.69) is 26.7 Å². The Morgan fingerprint density at radius 3 is 0.931 bits per heavy atom. The molecule has 170 valence electrons. The van der Waals surface area contributed by atoms with Gasteiger partial charge in [0.25, 0.3) is 0 Å². The lowest BCUT2D eigenvalue weighted by Gasteiger charge is -2.34. The summed E-state index contributed by atoms with van der Waals surface area (Å²) in [4.78, 5) is 0. The first-order valence-corrected chi connectivity index (χ1v) is 9.90. The van der Waals surface area contributed by atoms with Crippen LogP contribution in [-0.2, 0) is 28.4 Å². The van der Waals surface area contributed by atoms with E-state index in [4.69, 9.17) is 28.4 Å². The smallest absolute Gasteiger partial charge is 0.126 e. The SMILES string of the molecule is C=COC(C)(C)COCC(C)(COCC(C)(C)OC=C)COCC(C)(C)OC=C. The number of hydrogen-bond acceptors (Lipinski definition) is 6. The Hall–Kier alpha value is -1.50. The second kappa shape index (κ2) is 12.3. The van der Waals surface area contributed by atoms with Gasteiger partial charge in [0.15, 0.2) is 0 Å². The molecule has 0 unspecified atom stereocenters. The van der Waals surface area contributed by atoms with Crippen LogP contribution in [0.25, 0.3) is 0 Å². The van der Waals surface area contributed by atoms with Crippen molar-refractivity contribution in [3.05, 3.63) is 38.5 Å². The molecule has 0 aliphatic rings. The molecule has 0 amide bonds. The molecule has 0 aliphatic heterocycles. The van der Waals surface area contributed by atoms with Gasteiger partial charge in [0.1, 0.15) is 16.8 Å². The molecule has 0 rings (SSSR count). The summed E-state index contributed by atoms with van der Waals surface area (Å²) in [5.74, 6) is 0. The minimum Gasteiger partial charge on any atom is -0.494 e. The van der Waals surface area contributed by atoms with E-state index in [0.717, 1.165) is 0 Å². The van der Waals surface area contributed by atoms with Crippen LogP contribution in [0.15, 0.2) is 38.5 Å². The van der Waals surface area contributed by atoms with Crippen molar-refractivity contribution in [3.63, 3.8) is 0 Å². The predicted molar refractivity (Wildman–Crippen MR) is 117 cm³/mol. The minimum absolute atomic E-state index is 0.362. The maximum absolute atomic E-state index is 5.95. The van der Waals surface area contributed by atoms with Crippen LogP contribution in [0.3, 0.4) is 0 Å². The quantitative estimate of drug-likeness (QED) is 0.299. The molecule has 0 fully saturated rings. The van der Waals surface area contributed by atoms with Gasteiger partial charge in [0.2, 0.25) is 0 Å². The molecule has 0 heterocycles. The Bertz CT molecular complexity index is 426. The van der Waals surface area contributed by atoms with Gasteiger partial charge in [-0.3, -0.25) is 0 Å². The fraction of sp³-hybridized carbons (Fsp3) is 0.739. The minimum atomic E-state index is -0.454. The Morgan fingerprint density at radius 2 is 0.724 bits per heavy atom. The van der Waals surface area contributed by atoms with Crippen molar-refractivity contribution in [1.82, 2.24) is 0 Å². The summed E-state index contributed by atoms with van der Waals surface area (Å²) >= 11 is 0. The molecule has 0 atom stereocenters. The van der Waals surface area contributed by atoms with Crippen LogP contribution in [0.1, 0.15) is 48.5 Å². The van der Waals surface area contributed by atoms with Crippen LogP contribution >= 0.6 is 0 Å². The number of ether oxygens (including phenoxy) is 6. The van der Waals surface area contributed by atoms with Crippen molar-refractivity contribution in [3.8, 4) is 0 Å². The maximum atomic E-state index is 5.95. The van der Waals surface area contributed by atoms with E-state index in [1.165, 1.54) is 18.8 Å². The van der Waals surface area contributed by atoms with Crippen molar-refractivity contribution in [2.45, 2.75) is 65.3 Å².